The Bertz CT molecular complexity index is 101. The van der Waals surface area contributed by atoms with Gasteiger partial charge in [0.1, 0.15) is 0 Å². The van der Waals surface area contributed by atoms with E-state index in [2.05, 4.69) is 0 Å². The molecule has 1 heteroatoms. The van der Waals surface area contributed by atoms with Gasteiger partial charge >= 0.3 is 0 Å². The van der Waals surface area contributed by atoms with Gasteiger partial charge < -0.3 is 5.11 Å². The minimum absolute atomic E-state index is 0.468. The normalized spacial score (nSPS) is 18.3. The molecule has 1 aliphatic rings. The van der Waals surface area contributed by atoms with Crippen LogP contribution >= 0.6 is 0 Å². The highest BCUT2D eigenvalue weighted by atomic mass is 16.3. The van der Waals surface area contributed by atoms with Gasteiger partial charge in [-0.15, -0.1) is 0 Å². The van der Waals surface area contributed by atoms with E-state index in [0.717, 1.165) is 6.42 Å². The molecule has 1 N–H and O–H groups in total. The van der Waals surface area contributed by atoms with Crippen molar-refractivity contribution in [3.8, 4) is 0 Å². The molecule has 1 aliphatic carbocycles. The fraction of sp³-hybridized carbons (Fsp3) is 0.200. The Hall–Kier alpha value is -0.720. The molecule has 6 heavy (non-hydrogen) atoms. The second-order valence-electron chi connectivity index (χ2n) is 1.29. The lowest BCUT2D eigenvalue weighted by Gasteiger charge is -1.79. The topological polar surface area (TPSA) is 20.2 Å². The highest BCUT2D eigenvalue weighted by Gasteiger charge is 1.89. The van der Waals surface area contributed by atoms with Gasteiger partial charge in [0.25, 0.3) is 0 Å². The maximum absolute atomic E-state index is 8.53. The van der Waals surface area contributed by atoms with E-state index in [9.17, 15) is 0 Å². The summed E-state index contributed by atoms with van der Waals surface area (Å²) in [5.41, 5.74) is 0. The van der Waals surface area contributed by atoms with Crippen LogP contribution < -0.4 is 0 Å². The van der Waals surface area contributed by atoms with Crippen molar-refractivity contribution in [3.63, 3.8) is 0 Å². The van der Waals surface area contributed by atoms with Crippen LogP contribution in [0.4, 0.5) is 0 Å². The van der Waals surface area contributed by atoms with E-state index in [4.69, 9.17) is 5.11 Å². The lowest BCUT2D eigenvalue weighted by Crippen LogP contribution is -1.66. The molecule has 0 aromatic heterocycles. The molecule has 0 spiro atoms. The zero-order valence-electron chi connectivity index (χ0n) is 3.39. The van der Waals surface area contributed by atoms with E-state index in [1.165, 1.54) is 0 Å². The molecule has 0 fully saturated rings. The molecule has 0 aromatic rings. The predicted octanol–water partition coefficient (Wildman–Crippen LogP) is 1.39. The highest BCUT2D eigenvalue weighted by molar-refractivity contribution is 5.16. The summed E-state index contributed by atoms with van der Waals surface area (Å²) in [7, 11) is 0. The van der Waals surface area contributed by atoms with E-state index in [1.54, 1.807) is 6.08 Å². The van der Waals surface area contributed by atoms with Gasteiger partial charge in [0.15, 0.2) is 0 Å². The highest BCUT2D eigenvalue weighted by Crippen LogP contribution is 2.03. The molecule has 0 atom stereocenters. The van der Waals surface area contributed by atoms with Crippen LogP contribution in [0.1, 0.15) is 6.42 Å². The molecule has 0 bridgehead atoms. The SMILES string of the molecule is OC1=CC=CC1. The van der Waals surface area contributed by atoms with E-state index < -0.39 is 0 Å². The van der Waals surface area contributed by atoms with E-state index in [0.29, 0.717) is 5.76 Å². The molecule has 1 rings (SSSR count). The van der Waals surface area contributed by atoms with Crippen LogP contribution in [0.15, 0.2) is 24.0 Å². The Kier molecular flexibility index (Phi) is 0.675. The summed E-state index contributed by atoms with van der Waals surface area (Å²) in [5, 5.41) is 8.53. The first-order chi connectivity index (χ1) is 2.89. The molecule has 0 radical (unpaired) electrons. The molecule has 32 valence electrons. The van der Waals surface area contributed by atoms with Gasteiger partial charge in [-0.2, -0.15) is 0 Å². The Morgan fingerprint density at radius 3 is 2.67 bits per heavy atom. The van der Waals surface area contributed by atoms with Crippen LogP contribution in [-0.4, -0.2) is 5.11 Å². The smallest absolute Gasteiger partial charge is 0.0960 e. The Morgan fingerprint density at radius 2 is 2.50 bits per heavy atom. The van der Waals surface area contributed by atoms with Crippen LogP contribution in [-0.2, 0) is 0 Å². The molecule has 0 saturated heterocycles. The lowest BCUT2D eigenvalue weighted by molar-refractivity contribution is 0.404. The number of hydrogen-bond donors (Lipinski definition) is 1. The summed E-state index contributed by atoms with van der Waals surface area (Å²) in [6, 6.07) is 0. The zero-order chi connectivity index (χ0) is 4.41. The molecular weight excluding hydrogens is 76.1 g/mol. The fourth-order valence-electron chi connectivity index (χ4n) is 0.436. The molecule has 0 saturated carbocycles. The molecule has 0 aliphatic heterocycles. The number of hydrogen-bond acceptors (Lipinski definition) is 1. The second kappa shape index (κ2) is 1.17. The number of allylic oxidation sites excluding steroid dienone is 3. The van der Waals surface area contributed by atoms with Crippen molar-refractivity contribution in [1.29, 1.82) is 0 Å². The van der Waals surface area contributed by atoms with Gasteiger partial charge in [0.2, 0.25) is 0 Å². The standard InChI is InChI=1S/C5H6O/c6-5-3-1-2-4-5/h1-3,6H,4H2. The van der Waals surface area contributed by atoms with Gasteiger partial charge in [0, 0.05) is 6.42 Å². The molecule has 0 unspecified atom stereocenters. The zero-order valence-corrected chi connectivity index (χ0v) is 3.39. The van der Waals surface area contributed by atoms with Crippen LogP contribution in [0.25, 0.3) is 0 Å². The van der Waals surface area contributed by atoms with Crippen molar-refractivity contribution in [3.05, 3.63) is 24.0 Å². The maximum atomic E-state index is 8.53. The van der Waals surface area contributed by atoms with Crippen LogP contribution in [0, 0.1) is 0 Å². The summed E-state index contributed by atoms with van der Waals surface area (Å²) in [6.07, 6.45) is 6.17. The molecule has 0 heterocycles. The minimum Gasteiger partial charge on any atom is -0.512 e. The van der Waals surface area contributed by atoms with E-state index >= 15 is 0 Å². The third kappa shape index (κ3) is 0.432. The average Bonchev–Trinajstić information content (AvgIpc) is 1.86. The number of aliphatic hydroxyl groups excluding tert-OH is 1. The Morgan fingerprint density at radius 1 is 1.67 bits per heavy atom. The van der Waals surface area contributed by atoms with Crippen LogP contribution in [0.3, 0.4) is 0 Å². The van der Waals surface area contributed by atoms with E-state index in [1.807, 2.05) is 12.2 Å². The van der Waals surface area contributed by atoms with Gasteiger partial charge in [0.05, 0.1) is 5.76 Å². The number of rotatable bonds is 0. The summed E-state index contributed by atoms with van der Waals surface area (Å²) >= 11 is 0. The third-order valence-corrected chi connectivity index (χ3v) is 0.752. The molecule has 0 amide bonds. The summed E-state index contributed by atoms with van der Waals surface area (Å²) in [4.78, 5) is 0. The summed E-state index contributed by atoms with van der Waals surface area (Å²) in [6.45, 7) is 0. The monoisotopic (exact) mass is 82.0 g/mol. The van der Waals surface area contributed by atoms with Gasteiger partial charge in [-0.05, 0) is 6.08 Å². The van der Waals surface area contributed by atoms with Crippen LogP contribution in [0.5, 0.6) is 0 Å². The average molecular weight is 82.1 g/mol. The molecule has 0 aromatic carbocycles. The summed E-state index contributed by atoms with van der Waals surface area (Å²) < 4.78 is 0. The Labute approximate surface area is 36.6 Å². The molecular formula is C5H6O. The minimum atomic E-state index is 0.468. The van der Waals surface area contributed by atoms with Crippen molar-refractivity contribution < 1.29 is 5.11 Å². The maximum Gasteiger partial charge on any atom is 0.0960 e. The van der Waals surface area contributed by atoms with Gasteiger partial charge in [-0.25, -0.2) is 0 Å². The van der Waals surface area contributed by atoms with Crippen molar-refractivity contribution in [2.75, 3.05) is 0 Å². The molecule has 1 nitrogen and oxygen atoms in total. The summed E-state index contributed by atoms with van der Waals surface area (Å²) in [5.74, 6) is 0.468. The van der Waals surface area contributed by atoms with E-state index in [-0.39, 0.29) is 0 Å². The van der Waals surface area contributed by atoms with Crippen molar-refractivity contribution in [2.45, 2.75) is 6.42 Å². The second-order valence-corrected chi connectivity index (χ2v) is 1.29. The van der Waals surface area contributed by atoms with Crippen molar-refractivity contribution in [1.82, 2.24) is 0 Å². The third-order valence-electron chi connectivity index (χ3n) is 0.752. The predicted molar refractivity (Wildman–Crippen MR) is 24.5 cm³/mol. The first-order valence-corrected chi connectivity index (χ1v) is 1.94. The largest absolute Gasteiger partial charge is 0.512 e. The van der Waals surface area contributed by atoms with Crippen LogP contribution in [0.2, 0.25) is 0 Å². The quantitative estimate of drug-likeness (QED) is 0.468. The fourth-order valence-corrected chi connectivity index (χ4v) is 0.436. The first-order valence-electron chi connectivity index (χ1n) is 1.94. The first kappa shape index (κ1) is 3.47. The van der Waals surface area contributed by atoms with Gasteiger partial charge in [-0.3, -0.25) is 0 Å². The van der Waals surface area contributed by atoms with Crippen molar-refractivity contribution in [2.24, 2.45) is 0 Å². The lowest BCUT2D eigenvalue weighted by atomic mass is 10.4. The number of aliphatic hydroxyl groups is 1. The Balaban J connectivity index is 2.61. The van der Waals surface area contributed by atoms with Crippen molar-refractivity contribution >= 4 is 0 Å². The van der Waals surface area contributed by atoms with Gasteiger partial charge in [-0.1, -0.05) is 12.2 Å².